The molecule has 4 heteroatoms. The van der Waals surface area contributed by atoms with E-state index < -0.39 is 0 Å². The smallest absolute Gasteiger partial charge is 0.317 e. The lowest BCUT2D eigenvalue weighted by Crippen LogP contribution is -2.22. The summed E-state index contributed by atoms with van der Waals surface area (Å²) >= 11 is 0. The number of nitrogens with zero attached hydrogens (tertiary/aromatic N) is 1. The summed E-state index contributed by atoms with van der Waals surface area (Å²) in [4.78, 5) is 4.36. The van der Waals surface area contributed by atoms with Crippen LogP contribution in [0.1, 0.15) is 0 Å². The number of rotatable bonds is 0. The van der Waals surface area contributed by atoms with Gasteiger partial charge >= 0.3 is 5.95 Å². The topological polar surface area (TPSA) is 44.7 Å². The number of aliphatic hydroxyl groups is 1. The first-order chi connectivity index (χ1) is 3.29. The molecule has 0 bridgehead atoms. The number of hydrogen-bond donors (Lipinski definition) is 2. The Morgan fingerprint density at radius 3 is 2.86 bits per heavy atom. The predicted molar refractivity (Wildman–Crippen MR) is 22.7 cm³/mol. The minimum absolute atomic E-state index is 0.109. The van der Waals surface area contributed by atoms with Crippen LogP contribution in [0.5, 0.6) is 0 Å². The second-order valence-corrected chi connectivity index (χ2v) is 1.27. The fraction of sp³-hybridized carbons (Fsp3) is 0.333. The molecule has 0 fully saturated rings. The van der Waals surface area contributed by atoms with Gasteiger partial charge in [0.1, 0.15) is 6.20 Å². The van der Waals surface area contributed by atoms with E-state index in [4.69, 9.17) is 5.11 Å². The quantitative estimate of drug-likeness (QED) is 0.441. The monoisotopic (exact) mass is 102 g/mol. The van der Waals surface area contributed by atoms with Gasteiger partial charge in [-0.05, 0) is 0 Å². The molecule has 4 nitrogen and oxygen atoms in total. The summed E-state index contributed by atoms with van der Waals surface area (Å²) < 4.78 is 0. The molecule has 40 valence electrons. The van der Waals surface area contributed by atoms with Crippen LogP contribution in [-0.4, -0.2) is 17.2 Å². The molecule has 1 aliphatic heterocycles. The molecule has 0 radical (unpaired) electrons. The third-order valence-electron chi connectivity index (χ3n) is 0.598. The summed E-state index contributed by atoms with van der Waals surface area (Å²) in [5.74, 6) is -0.109. The normalized spacial score (nSPS) is 19.0. The highest BCUT2D eigenvalue weighted by Gasteiger charge is 2.04. The Kier molecular flexibility index (Phi) is 0.796. The van der Waals surface area contributed by atoms with Crippen molar-refractivity contribution >= 4 is 0 Å². The molecule has 0 aromatic heterocycles. The molecular formula is C3H6N2O2. The second kappa shape index (κ2) is 1.31. The highest BCUT2D eigenvalue weighted by Crippen LogP contribution is 1.96. The van der Waals surface area contributed by atoms with Gasteiger partial charge < -0.3 is 9.94 Å². The van der Waals surface area contributed by atoms with Gasteiger partial charge in [0, 0.05) is 7.05 Å². The molecule has 0 unspecified atom stereocenters. The Balaban J connectivity index is 2.50. The highest BCUT2D eigenvalue weighted by molar-refractivity contribution is 4.80. The maximum Gasteiger partial charge on any atom is 0.317 e. The first-order valence-corrected chi connectivity index (χ1v) is 1.85. The fourth-order valence-corrected chi connectivity index (χ4v) is 0.337. The van der Waals surface area contributed by atoms with Crippen molar-refractivity contribution in [2.24, 2.45) is 0 Å². The van der Waals surface area contributed by atoms with Gasteiger partial charge in [-0.25, -0.2) is 0 Å². The first-order valence-electron chi connectivity index (χ1n) is 1.85. The van der Waals surface area contributed by atoms with Crippen molar-refractivity contribution < 1.29 is 9.94 Å². The highest BCUT2D eigenvalue weighted by atomic mass is 16.8. The molecule has 0 amide bonds. The Morgan fingerprint density at radius 2 is 2.71 bits per heavy atom. The van der Waals surface area contributed by atoms with Crippen molar-refractivity contribution in [1.29, 1.82) is 0 Å². The van der Waals surface area contributed by atoms with Gasteiger partial charge in [-0.15, -0.1) is 0 Å². The first kappa shape index (κ1) is 4.26. The predicted octanol–water partition coefficient (Wildman–Crippen LogP) is -0.275. The van der Waals surface area contributed by atoms with Crippen molar-refractivity contribution in [1.82, 2.24) is 10.6 Å². The van der Waals surface area contributed by atoms with Gasteiger partial charge in [-0.3, -0.25) is 5.01 Å². The maximum atomic E-state index is 8.43. The zero-order chi connectivity index (χ0) is 5.28. The molecule has 7 heavy (non-hydrogen) atoms. The number of nitrogens with one attached hydrogen (secondary N) is 1. The van der Waals surface area contributed by atoms with Crippen LogP contribution >= 0.6 is 0 Å². The largest absolute Gasteiger partial charge is 0.479 e. The average Bonchev–Trinajstić information content (AvgIpc) is 1.87. The van der Waals surface area contributed by atoms with E-state index in [0.29, 0.717) is 0 Å². The number of hydrogen-bond acceptors (Lipinski definition) is 4. The van der Waals surface area contributed by atoms with E-state index in [0.717, 1.165) is 0 Å². The maximum absolute atomic E-state index is 8.43. The van der Waals surface area contributed by atoms with Crippen LogP contribution in [0.2, 0.25) is 0 Å². The molecule has 0 atom stereocenters. The Labute approximate surface area is 40.9 Å². The summed E-state index contributed by atoms with van der Waals surface area (Å²) in [5, 5.41) is 9.93. The Hall–Kier alpha value is -0.900. The van der Waals surface area contributed by atoms with E-state index in [9.17, 15) is 0 Å². The summed E-state index contributed by atoms with van der Waals surface area (Å²) in [6.45, 7) is 0. The summed E-state index contributed by atoms with van der Waals surface area (Å²) in [6.07, 6.45) is 1.42. The van der Waals surface area contributed by atoms with Crippen molar-refractivity contribution in [2.75, 3.05) is 7.05 Å². The van der Waals surface area contributed by atoms with Crippen molar-refractivity contribution in [3.63, 3.8) is 0 Å². The lowest BCUT2D eigenvalue weighted by atomic mass is 10.9. The second-order valence-electron chi connectivity index (χ2n) is 1.27. The van der Waals surface area contributed by atoms with Crippen LogP contribution in [0.15, 0.2) is 12.1 Å². The van der Waals surface area contributed by atoms with Gasteiger partial charge in [0.2, 0.25) is 0 Å². The Bertz CT molecular complexity index is 101. The lowest BCUT2D eigenvalue weighted by molar-refractivity contribution is -0.0119. The van der Waals surface area contributed by atoms with Crippen LogP contribution in [0.25, 0.3) is 0 Å². The molecule has 1 aliphatic rings. The number of aliphatic hydroxyl groups excluding tert-OH is 1. The van der Waals surface area contributed by atoms with E-state index in [1.165, 1.54) is 11.2 Å². The van der Waals surface area contributed by atoms with Crippen molar-refractivity contribution in [3.8, 4) is 0 Å². The molecule has 0 aliphatic carbocycles. The van der Waals surface area contributed by atoms with Gasteiger partial charge in [-0.1, -0.05) is 5.59 Å². The summed E-state index contributed by atoms with van der Waals surface area (Å²) in [7, 11) is 1.71. The third kappa shape index (κ3) is 0.747. The Morgan fingerprint density at radius 1 is 2.00 bits per heavy atom. The molecular weight excluding hydrogens is 96.0 g/mol. The summed E-state index contributed by atoms with van der Waals surface area (Å²) in [6, 6.07) is 0. The SMILES string of the molecule is CN1C=C(O)ON1. The van der Waals surface area contributed by atoms with Gasteiger partial charge in [0.25, 0.3) is 0 Å². The molecule has 0 saturated heterocycles. The lowest BCUT2D eigenvalue weighted by Gasteiger charge is -2.01. The molecule has 2 N–H and O–H groups in total. The van der Waals surface area contributed by atoms with E-state index in [2.05, 4.69) is 10.4 Å². The minimum Gasteiger partial charge on any atom is -0.479 e. The van der Waals surface area contributed by atoms with Crippen LogP contribution in [0, 0.1) is 0 Å². The van der Waals surface area contributed by atoms with Crippen molar-refractivity contribution in [2.45, 2.75) is 0 Å². The number of hydrazine groups is 1. The van der Waals surface area contributed by atoms with Crippen LogP contribution in [0.3, 0.4) is 0 Å². The minimum atomic E-state index is -0.109. The van der Waals surface area contributed by atoms with E-state index in [-0.39, 0.29) is 5.95 Å². The molecule has 1 heterocycles. The van der Waals surface area contributed by atoms with Crippen LogP contribution in [-0.2, 0) is 4.84 Å². The van der Waals surface area contributed by atoms with Crippen LogP contribution < -0.4 is 5.59 Å². The average molecular weight is 102 g/mol. The molecule has 1 rings (SSSR count). The van der Waals surface area contributed by atoms with Crippen LogP contribution in [0.4, 0.5) is 0 Å². The van der Waals surface area contributed by atoms with E-state index in [1.54, 1.807) is 7.05 Å². The molecule has 0 saturated carbocycles. The van der Waals surface area contributed by atoms with Gasteiger partial charge in [0.15, 0.2) is 0 Å². The fourth-order valence-electron chi connectivity index (χ4n) is 0.337. The van der Waals surface area contributed by atoms with Gasteiger partial charge in [0.05, 0.1) is 0 Å². The summed E-state index contributed by atoms with van der Waals surface area (Å²) in [5.41, 5.74) is 2.36. The molecule has 0 aromatic rings. The zero-order valence-electron chi connectivity index (χ0n) is 3.88. The van der Waals surface area contributed by atoms with Gasteiger partial charge in [-0.2, -0.15) is 0 Å². The van der Waals surface area contributed by atoms with E-state index in [1.807, 2.05) is 0 Å². The van der Waals surface area contributed by atoms with E-state index >= 15 is 0 Å². The van der Waals surface area contributed by atoms with Crippen molar-refractivity contribution in [3.05, 3.63) is 12.1 Å². The molecule has 0 aromatic carbocycles. The molecule has 0 spiro atoms. The third-order valence-corrected chi connectivity index (χ3v) is 0.598. The standard InChI is InChI=1S/C3H6N2O2/c1-5-2-3(6)7-4-5/h2,4,6H,1H3. The zero-order valence-corrected chi connectivity index (χ0v) is 3.88.